The van der Waals surface area contributed by atoms with Gasteiger partial charge in [0.1, 0.15) is 11.6 Å². The lowest BCUT2D eigenvalue weighted by molar-refractivity contribution is 0.102. The summed E-state index contributed by atoms with van der Waals surface area (Å²) in [5.41, 5.74) is 2.02. The number of aryl methyl sites for hydroxylation is 1. The molecule has 0 unspecified atom stereocenters. The number of benzene rings is 2. The van der Waals surface area contributed by atoms with E-state index < -0.39 is 0 Å². The predicted octanol–water partition coefficient (Wildman–Crippen LogP) is 3.40. The van der Waals surface area contributed by atoms with E-state index in [9.17, 15) is 9.18 Å². The van der Waals surface area contributed by atoms with E-state index in [-0.39, 0.29) is 11.7 Å². The van der Waals surface area contributed by atoms with E-state index in [4.69, 9.17) is 4.74 Å². The van der Waals surface area contributed by atoms with Crippen molar-refractivity contribution in [3.63, 3.8) is 0 Å². The van der Waals surface area contributed by atoms with Gasteiger partial charge in [-0.1, -0.05) is 0 Å². The third-order valence-electron chi connectivity index (χ3n) is 2.76. The van der Waals surface area contributed by atoms with Crippen molar-refractivity contribution in [2.75, 3.05) is 12.4 Å². The van der Waals surface area contributed by atoms with Crippen LogP contribution >= 0.6 is 0 Å². The molecule has 4 heteroatoms. The molecule has 0 fully saturated rings. The maximum atomic E-state index is 12.8. The molecule has 0 aliphatic carbocycles. The Morgan fingerprint density at radius 2 is 1.84 bits per heavy atom. The van der Waals surface area contributed by atoms with E-state index in [0.29, 0.717) is 11.3 Å². The lowest BCUT2D eigenvalue weighted by Gasteiger charge is -2.09. The number of carbonyl (C=O) groups is 1. The van der Waals surface area contributed by atoms with Gasteiger partial charge in [0.2, 0.25) is 0 Å². The van der Waals surface area contributed by atoms with Gasteiger partial charge in [0, 0.05) is 11.3 Å². The van der Waals surface area contributed by atoms with Gasteiger partial charge < -0.3 is 10.1 Å². The monoisotopic (exact) mass is 259 g/mol. The lowest BCUT2D eigenvalue weighted by atomic mass is 10.1. The Labute approximate surface area is 111 Å². The number of hydrogen-bond acceptors (Lipinski definition) is 2. The second-order valence-corrected chi connectivity index (χ2v) is 4.15. The van der Waals surface area contributed by atoms with Crippen molar-refractivity contribution < 1.29 is 13.9 Å². The number of anilines is 1. The van der Waals surface area contributed by atoms with Gasteiger partial charge >= 0.3 is 0 Å². The Bertz CT molecular complexity index is 594. The Morgan fingerprint density at radius 3 is 2.42 bits per heavy atom. The lowest BCUT2D eigenvalue weighted by Crippen LogP contribution is -2.11. The second-order valence-electron chi connectivity index (χ2n) is 4.15. The molecule has 0 spiro atoms. The normalized spacial score (nSPS) is 10.1. The molecule has 0 aliphatic heterocycles. The number of nitrogens with one attached hydrogen (secondary N) is 1. The highest BCUT2D eigenvalue weighted by Gasteiger charge is 2.07. The molecule has 2 rings (SSSR count). The molecule has 98 valence electrons. The van der Waals surface area contributed by atoms with Crippen molar-refractivity contribution in [2.24, 2.45) is 0 Å². The van der Waals surface area contributed by atoms with Crippen LogP contribution in [0, 0.1) is 12.7 Å². The predicted molar refractivity (Wildman–Crippen MR) is 72.1 cm³/mol. The van der Waals surface area contributed by atoms with Gasteiger partial charge in [-0.3, -0.25) is 4.79 Å². The van der Waals surface area contributed by atoms with Gasteiger partial charge in [0.05, 0.1) is 7.11 Å². The minimum absolute atomic E-state index is 0.274. The van der Waals surface area contributed by atoms with Crippen LogP contribution in [0.1, 0.15) is 15.9 Å². The van der Waals surface area contributed by atoms with Crippen molar-refractivity contribution in [1.82, 2.24) is 0 Å². The van der Waals surface area contributed by atoms with Crippen LogP contribution in [-0.4, -0.2) is 13.0 Å². The molecule has 0 bridgehead atoms. The number of hydrogen-bond donors (Lipinski definition) is 1. The first kappa shape index (κ1) is 13.1. The zero-order valence-electron chi connectivity index (χ0n) is 10.7. The van der Waals surface area contributed by atoms with Crippen LogP contribution in [0.15, 0.2) is 42.5 Å². The van der Waals surface area contributed by atoms with Crippen LogP contribution < -0.4 is 10.1 Å². The van der Waals surface area contributed by atoms with E-state index in [0.717, 1.165) is 11.3 Å². The first-order valence-electron chi connectivity index (χ1n) is 5.81. The van der Waals surface area contributed by atoms with Gasteiger partial charge in [-0.15, -0.1) is 0 Å². The average Bonchev–Trinajstić information content (AvgIpc) is 2.39. The number of methoxy groups -OCH3 is 1. The number of carbonyl (C=O) groups excluding carboxylic acids is 1. The van der Waals surface area contributed by atoms with Crippen LogP contribution in [0.5, 0.6) is 5.75 Å². The molecule has 0 radical (unpaired) electrons. The van der Waals surface area contributed by atoms with Gasteiger partial charge in [-0.05, 0) is 55.0 Å². The SMILES string of the molecule is COc1ccc(NC(=O)c2ccc(F)cc2)cc1C. The van der Waals surface area contributed by atoms with E-state index in [1.807, 2.05) is 13.0 Å². The topological polar surface area (TPSA) is 38.3 Å². The number of amides is 1. The molecule has 0 saturated carbocycles. The van der Waals surface area contributed by atoms with Crippen LogP contribution in [0.4, 0.5) is 10.1 Å². The molecule has 19 heavy (non-hydrogen) atoms. The van der Waals surface area contributed by atoms with E-state index in [1.54, 1.807) is 19.2 Å². The third kappa shape index (κ3) is 3.10. The molecule has 0 aromatic heterocycles. The smallest absolute Gasteiger partial charge is 0.255 e. The molecule has 3 nitrogen and oxygen atoms in total. The minimum atomic E-state index is -0.364. The Kier molecular flexibility index (Phi) is 3.80. The quantitative estimate of drug-likeness (QED) is 0.917. The van der Waals surface area contributed by atoms with Crippen molar-refractivity contribution in [3.05, 3.63) is 59.4 Å². The van der Waals surface area contributed by atoms with Crippen LogP contribution in [0.25, 0.3) is 0 Å². The maximum absolute atomic E-state index is 12.8. The van der Waals surface area contributed by atoms with Crippen molar-refractivity contribution in [2.45, 2.75) is 6.92 Å². The second kappa shape index (κ2) is 5.52. The van der Waals surface area contributed by atoms with Gasteiger partial charge in [-0.2, -0.15) is 0 Å². The van der Waals surface area contributed by atoms with Crippen LogP contribution in [-0.2, 0) is 0 Å². The zero-order valence-corrected chi connectivity index (χ0v) is 10.7. The largest absolute Gasteiger partial charge is 0.496 e. The number of rotatable bonds is 3. The molecule has 2 aromatic rings. The summed E-state index contributed by atoms with van der Waals surface area (Å²) in [6.45, 7) is 1.90. The molecule has 0 saturated heterocycles. The maximum Gasteiger partial charge on any atom is 0.255 e. The fourth-order valence-corrected chi connectivity index (χ4v) is 1.76. The minimum Gasteiger partial charge on any atom is -0.496 e. The van der Waals surface area contributed by atoms with Gasteiger partial charge in [0.25, 0.3) is 5.91 Å². The number of halogens is 1. The average molecular weight is 259 g/mol. The van der Waals surface area contributed by atoms with Crippen molar-refractivity contribution in [1.29, 1.82) is 0 Å². The Morgan fingerprint density at radius 1 is 1.16 bits per heavy atom. The molecule has 1 N–H and O–H groups in total. The summed E-state index contributed by atoms with van der Waals surface area (Å²) >= 11 is 0. The molecular weight excluding hydrogens is 245 g/mol. The molecule has 1 amide bonds. The standard InChI is InChI=1S/C15H14FNO2/c1-10-9-13(7-8-14(10)19-2)17-15(18)11-3-5-12(16)6-4-11/h3-9H,1-2H3,(H,17,18). The summed E-state index contributed by atoms with van der Waals surface area (Å²) in [6.07, 6.45) is 0. The molecule has 2 aromatic carbocycles. The van der Waals surface area contributed by atoms with Crippen molar-refractivity contribution in [3.8, 4) is 5.75 Å². The highest BCUT2D eigenvalue weighted by molar-refractivity contribution is 6.04. The third-order valence-corrected chi connectivity index (χ3v) is 2.76. The van der Waals surface area contributed by atoms with E-state index in [2.05, 4.69) is 5.32 Å². The fraction of sp³-hybridized carbons (Fsp3) is 0.133. The Balaban J connectivity index is 2.14. The summed E-state index contributed by atoms with van der Waals surface area (Å²) in [5, 5.41) is 2.75. The zero-order chi connectivity index (χ0) is 13.8. The Hall–Kier alpha value is -2.36. The van der Waals surface area contributed by atoms with Crippen molar-refractivity contribution >= 4 is 11.6 Å². The molecule has 0 aliphatic rings. The summed E-state index contributed by atoms with van der Waals surface area (Å²) in [6, 6.07) is 10.8. The van der Waals surface area contributed by atoms with Crippen LogP contribution in [0.2, 0.25) is 0 Å². The molecule has 0 atom stereocenters. The molecule has 0 heterocycles. The molecular formula is C15H14FNO2. The highest BCUT2D eigenvalue weighted by atomic mass is 19.1. The number of ether oxygens (including phenoxy) is 1. The summed E-state index contributed by atoms with van der Waals surface area (Å²) in [4.78, 5) is 11.9. The van der Waals surface area contributed by atoms with Gasteiger partial charge in [-0.25, -0.2) is 4.39 Å². The summed E-state index contributed by atoms with van der Waals surface area (Å²) in [7, 11) is 1.60. The van der Waals surface area contributed by atoms with Crippen LogP contribution in [0.3, 0.4) is 0 Å². The van der Waals surface area contributed by atoms with E-state index >= 15 is 0 Å². The first-order chi connectivity index (χ1) is 9.10. The first-order valence-corrected chi connectivity index (χ1v) is 5.81. The summed E-state index contributed by atoms with van der Waals surface area (Å²) in [5.74, 6) is 0.126. The fourth-order valence-electron chi connectivity index (χ4n) is 1.76. The van der Waals surface area contributed by atoms with E-state index in [1.165, 1.54) is 24.3 Å². The highest BCUT2D eigenvalue weighted by Crippen LogP contribution is 2.21. The summed E-state index contributed by atoms with van der Waals surface area (Å²) < 4.78 is 17.9. The van der Waals surface area contributed by atoms with Gasteiger partial charge in [0.15, 0.2) is 0 Å².